The van der Waals surface area contributed by atoms with Gasteiger partial charge in [-0.15, -0.1) is 0 Å². The molecule has 1 aliphatic heterocycles. The van der Waals surface area contributed by atoms with Crippen molar-refractivity contribution in [3.05, 3.63) is 0 Å². The predicted molar refractivity (Wildman–Crippen MR) is 70.0 cm³/mol. The third kappa shape index (κ3) is 4.94. The molecule has 4 nitrogen and oxygen atoms in total. The summed E-state index contributed by atoms with van der Waals surface area (Å²) in [5.41, 5.74) is 0.0491. The lowest BCUT2D eigenvalue weighted by molar-refractivity contribution is 0.126. The van der Waals surface area contributed by atoms with E-state index in [-0.39, 0.29) is 22.6 Å². The van der Waals surface area contributed by atoms with Crippen molar-refractivity contribution in [2.45, 2.75) is 57.4 Å². The SMILES string of the molecule is CC1OCCC1S(=O)(=O)CCCNC(C)(C)C. The molecule has 1 N–H and O–H groups in total. The first-order chi connectivity index (χ1) is 7.72. The van der Waals surface area contributed by atoms with E-state index in [1.165, 1.54) is 0 Å². The maximum atomic E-state index is 12.1. The molecule has 17 heavy (non-hydrogen) atoms. The molecule has 5 heteroatoms. The Morgan fingerprint density at radius 1 is 1.35 bits per heavy atom. The first-order valence-corrected chi connectivity index (χ1v) is 8.02. The van der Waals surface area contributed by atoms with Gasteiger partial charge in [-0.2, -0.15) is 0 Å². The van der Waals surface area contributed by atoms with E-state index >= 15 is 0 Å². The lowest BCUT2D eigenvalue weighted by atomic mass is 10.1. The molecule has 1 heterocycles. The van der Waals surface area contributed by atoms with E-state index in [0.29, 0.717) is 19.4 Å². The summed E-state index contributed by atoms with van der Waals surface area (Å²) in [7, 11) is -2.99. The Kier molecular flexibility index (Phi) is 4.98. The quantitative estimate of drug-likeness (QED) is 0.761. The fourth-order valence-electron chi connectivity index (χ4n) is 2.07. The molecule has 0 aromatic rings. The molecule has 2 unspecified atom stereocenters. The summed E-state index contributed by atoms with van der Waals surface area (Å²) >= 11 is 0. The highest BCUT2D eigenvalue weighted by atomic mass is 32.2. The van der Waals surface area contributed by atoms with Gasteiger partial charge in [0.05, 0.1) is 17.1 Å². The number of ether oxygens (including phenoxy) is 1. The van der Waals surface area contributed by atoms with Crippen LogP contribution < -0.4 is 5.32 Å². The van der Waals surface area contributed by atoms with Gasteiger partial charge in [0.15, 0.2) is 9.84 Å². The molecule has 0 bridgehead atoms. The Hall–Kier alpha value is -0.130. The number of hydrogen-bond donors (Lipinski definition) is 1. The fraction of sp³-hybridized carbons (Fsp3) is 1.00. The van der Waals surface area contributed by atoms with E-state index < -0.39 is 9.84 Å². The van der Waals surface area contributed by atoms with Crippen LogP contribution >= 0.6 is 0 Å². The predicted octanol–water partition coefficient (Wildman–Crippen LogP) is 1.36. The van der Waals surface area contributed by atoms with Crippen molar-refractivity contribution in [1.82, 2.24) is 5.32 Å². The van der Waals surface area contributed by atoms with Gasteiger partial charge in [0.1, 0.15) is 0 Å². The minimum atomic E-state index is -2.99. The second kappa shape index (κ2) is 5.67. The second-order valence-corrected chi connectivity index (χ2v) is 8.14. The average Bonchev–Trinajstić information content (AvgIpc) is 2.58. The molecule has 0 spiro atoms. The standard InChI is InChI=1S/C12H25NO3S/c1-10-11(6-8-16-10)17(14,15)9-5-7-13-12(2,3)4/h10-11,13H,5-9H2,1-4H3. The minimum absolute atomic E-state index is 0.0491. The molecular weight excluding hydrogens is 238 g/mol. The first-order valence-electron chi connectivity index (χ1n) is 6.30. The van der Waals surface area contributed by atoms with E-state index in [4.69, 9.17) is 4.74 Å². The number of nitrogens with one attached hydrogen (secondary N) is 1. The first kappa shape index (κ1) is 14.9. The van der Waals surface area contributed by atoms with Gasteiger partial charge < -0.3 is 10.1 Å². The molecule has 0 amide bonds. The van der Waals surface area contributed by atoms with Crippen molar-refractivity contribution in [2.75, 3.05) is 18.9 Å². The van der Waals surface area contributed by atoms with E-state index in [1.807, 2.05) is 6.92 Å². The van der Waals surface area contributed by atoms with E-state index in [1.54, 1.807) is 0 Å². The van der Waals surface area contributed by atoms with Gasteiger partial charge in [-0.05, 0) is 47.1 Å². The van der Waals surface area contributed by atoms with E-state index in [9.17, 15) is 8.42 Å². The smallest absolute Gasteiger partial charge is 0.155 e. The van der Waals surface area contributed by atoms with E-state index in [2.05, 4.69) is 26.1 Å². The van der Waals surface area contributed by atoms with Crippen molar-refractivity contribution >= 4 is 9.84 Å². The van der Waals surface area contributed by atoms with Crippen molar-refractivity contribution in [1.29, 1.82) is 0 Å². The maximum Gasteiger partial charge on any atom is 0.155 e. The zero-order valence-electron chi connectivity index (χ0n) is 11.3. The van der Waals surface area contributed by atoms with Crippen molar-refractivity contribution in [3.63, 3.8) is 0 Å². The second-order valence-electron chi connectivity index (χ2n) is 5.80. The fourth-order valence-corrected chi connectivity index (χ4v) is 4.04. The van der Waals surface area contributed by atoms with Gasteiger partial charge in [-0.1, -0.05) is 0 Å². The summed E-state index contributed by atoms with van der Waals surface area (Å²) in [5.74, 6) is 0.258. The highest BCUT2D eigenvalue weighted by Crippen LogP contribution is 2.21. The summed E-state index contributed by atoms with van der Waals surface area (Å²) in [5, 5.41) is 3.01. The Balaban J connectivity index is 2.35. The van der Waals surface area contributed by atoms with Crippen LogP contribution in [0.2, 0.25) is 0 Å². The molecule has 0 saturated carbocycles. The summed E-state index contributed by atoms with van der Waals surface area (Å²) in [6.07, 6.45) is 1.18. The monoisotopic (exact) mass is 263 g/mol. The maximum absolute atomic E-state index is 12.1. The highest BCUT2D eigenvalue weighted by molar-refractivity contribution is 7.92. The van der Waals surface area contributed by atoms with Gasteiger partial charge in [0.2, 0.25) is 0 Å². The van der Waals surface area contributed by atoms with Crippen molar-refractivity contribution < 1.29 is 13.2 Å². The molecule has 0 aliphatic carbocycles. The van der Waals surface area contributed by atoms with Gasteiger partial charge in [-0.25, -0.2) is 8.42 Å². The Morgan fingerprint density at radius 2 is 2.00 bits per heavy atom. The lowest BCUT2D eigenvalue weighted by Crippen LogP contribution is -2.38. The molecule has 0 radical (unpaired) electrons. The van der Waals surface area contributed by atoms with E-state index in [0.717, 1.165) is 6.54 Å². The molecule has 0 aromatic heterocycles. The highest BCUT2D eigenvalue weighted by Gasteiger charge is 2.35. The van der Waals surface area contributed by atoms with Crippen LogP contribution in [0.25, 0.3) is 0 Å². The zero-order valence-corrected chi connectivity index (χ0v) is 12.1. The Morgan fingerprint density at radius 3 is 2.47 bits per heavy atom. The minimum Gasteiger partial charge on any atom is -0.377 e. The molecular formula is C12H25NO3S. The molecule has 2 atom stereocenters. The third-order valence-electron chi connectivity index (χ3n) is 3.03. The Bertz CT molecular complexity index is 332. The van der Waals surface area contributed by atoms with Gasteiger partial charge in [0.25, 0.3) is 0 Å². The summed E-state index contributed by atoms with van der Waals surface area (Å²) < 4.78 is 29.4. The Labute approximate surface area is 105 Å². The van der Waals surface area contributed by atoms with Crippen LogP contribution in [0, 0.1) is 0 Å². The lowest BCUT2D eigenvalue weighted by Gasteiger charge is -2.21. The van der Waals surface area contributed by atoms with Gasteiger partial charge in [-0.3, -0.25) is 0 Å². The zero-order chi connectivity index (χ0) is 13.1. The van der Waals surface area contributed by atoms with Crippen LogP contribution in [-0.2, 0) is 14.6 Å². The average molecular weight is 263 g/mol. The molecule has 1 saturated heterocycles. The van der Waals surface area contributed by atoms with Crippen LogP contribution in [0.5, 0.6) is 0 Å². The van der Waals surface area contributed by atoms with Crippen LogP contribution in [0.1, 0.15) is 40.5 Å². The number of rotatable bonds is 5. The van der Waals surface area contributed by atoms with Crippen LogP contribution in [-0.4, -0.2) is 44.2 Å². The van der Waals surface area contributed by atoms with Crippen LogP contribution in [0.3, 0.4) is 0 Å². The van der Waals surface area contributed by atoms with Gasteiger partial charge in [0, 0.05) is 12.1 Å². The van der Waals surface area contributed by atoms with Crippen molar-refractivity contribution in [3.8, 4) is 0 Å². The molecule has 0 aromatic carbocycles. The van der Waals surface area contributed by atoms with Crippen LogP contribution in [0.15, 0.2) is 0 Å². The number of sulfone groups is 1. The topological polar surface area (TPSA) is 55.4 Å². The van der Waals surface area contributed by atoms with Crippen LogP contribution in [0.4, 0.5) is 0 Å². The molecule has 1 fully saturated rings. The summed E-state index contributed by atoms with van der Waals surface area (Å²) in [6.45, 7) is 9.40. The normalized spacial score (nSPS) is 26.4. The van der Waals surface area contributed by atoms with Crippen molar-refractivity contribution in [2.24, 2.45) is 0 Å². The third-order valence-corrected chi connectivity index (χ3v) is 5.43. The molecule has 1 aliphatic rings. The largest absolute Gasteiger partial charge is 0.377 e. The van der Waals surface area contributed by atoms with Gasteiger partial charge >= 0.3 is 0 Å². The summed E-state index contributed by atoms with van der Waals surface area (Å²) in [4.78, 5) is 0. The molecule has 1 rings (SSSR count). The molecule has 102 valence electrons. The number of hydrogen-bond acceptors (Lipinski definition) is 4. The summed E-state index contributed by atoms with van der Waals surface area (Å²) in [6, 6.07) is 0.